The van der Waals surface area contributed by atoms with Crippen molar-refractivity contribution in [3.05, 3.63) is 32.6 Å². The Morgan fingerprint density at radius 1 is 1.50 bits per heavy atom. The summed E-state index contributed by atoms with van der Waals surface area (Å²) in [4.78, 5) is 25.6. The zero-order chi connectivity index (χ0) is 16.3. The van der Waals surface area contributed by atoms with E-state index in [-0.39, 0.29) is 17.7 Å². The molecule has 3 heterocycles. The maximum Gasteiger partial charge on any atom is 0.330 e. The molecule has 2 fully saturated rings. The van der Waals surface area contributed by atoms with E-state index >= 15 is 0 Å². The number of hydrogen-bond donors (Lipinski definition) is 3. The lowest BCUT2D eigenvalue weighted by Gasteiger charge is -2.34. The van der Waals surface area contributed by atoms with E-state index < -0.39 is 45.2 Å². The third-order valence-electron chi connectivity index (χ3n) is 4.31. The highest BCUT2D eigenvalue weighted by atomic mass is 32.2. The second-order valence-electron chi connectivity index (χ2n) is 5.75. The summed E-state index contributed by atoms with van der Waals surface area (Å²) in [6, 6.07) is -0.985. The second-order valence-corrected chi connectivity index (χ2v) is 7.51. The Morgan fingerprint density at radius 3 is 2.82 bits per heavy atom. The Kier molecular flexibility index (Phi) is 3.33. The molecule has 1 aromatic rings. The van der Waals surface area contributed by atoms with Gasteiger partial charge in [-0.3, -0.25) is 14.3 Å². The van der Waals surface area contributed by atoms with Crippen LogP contribution in [0, 0.1) is 6.92 Å². The largest absolute Gasteiger partial charge is 0.388 e. The average molecular weight is 331 g/mol. The highest BCUT2D eigenvalue weighted by Crippen LogP contribution is 2.42. The van der Waals surface area contributed by atoms with Crippen LogP contribution >= 0.6 is 0 Å². The highest BCUT2D eigenvalue weighted by Gasteiger charge is 2.60. The molecule has 0 amide bonds. The first-order valence-electron chi connectivity index (χ1n) is 6.87. The Balaban J connectivity index is 2.13. The molecule has 0 aromatic carbocycles. The van der Waals surface area contributed by atoms with Crippen LogP contribution in [0.2, 0.25) is 0 Å². The van der Waals surface area contributed by atoms with Crippen LogP contribution in [0.5, 0.6) is 0 Å². The first-order chi connectivity index (χ1) is 10.2. The van der Waals surface area contributed by atoms with Gasteiger partial charge in [0.1, 0.15) is 11.7 Å². The molecule has 3 N–H and O–H groups in total. The Labute approximate surface area is 126 Å². The van der Waals surface area contributed by atoms with E-state index in [1.807, 2.05) is 0 Å². The number of H-pyrrole nitrogens is 1. The van der Waals surface area contributed by atoms with Crippen LogP contribution in [0.1, 0.15) is 25.1 Å². The van der Waals surface area contributed by atoms with Crippen LogP contribution in [-0.4, -0.2) is 46.6 Å². The lowest BCUT2D eigenvalue weighted by molar-refractivity contribution is -0.0905. The van der Waals surface area contributed by atoms with Gasteiger partial charge in [-0.25, -0.2) is 17.9 Å². The van der Waals surface area contributed by atoms with Crippen LogP contribution in [0.25, 0.3) is 0 Å². The van der Waals surface area contributed by atoms with Gasteiger partial charge in [-0.15, -0.1) is 0 Å². The van der Waals surface area contributed by atoms with Gasteiger partial charge in [-0.1, -0.05) is 6.92 Å². The van der Waals surface area contributed by atoms with E-state index in [1.165, 1.54) is 13.1 Å². The van der Waals surface area contributed by atoms with Gasteiger partial charge >= 0.3 is 5.69 Å². The summed E-state index contributed by atoms with van der Waals surface area (Å²) in [7, 11) is -3.62. The molecule has 1 unspecified atom stereocenters. The smallest absolute Gasteiger partial charge is 0.330 e. The predicted octanol–water partition coefficient (Wildman–Crippen LogP) is -1.81. The molecule has 0 spiro atoms. The van der Waals surface area contributed by atoms with Crippen LogP contribution in [0.15, 0.2) is 15.8 Å². The summed E-state index contributed by atoms with van der Waals surface area (Å²) in [5, 5.41) is 10.4. The first kappa shape index (κ1) is 15.4. The van der Waals surface area contributed by atoms with Gasteiger partial charge in [0, 0.05) is 11.8 Å². The number of aryl methyl sites for hydroxylation is 1. The maximum absolute atomic E-state index is 12.0. The molecule has 10 heteroatoms. The second kappa shape index (κ2) is 4.75. The fourth-order valence-electron chi connectivity index (χ4n) is 3.08. The average Bonchev–Trinajstić information content (AvgIpc) is 2.61. The van der Waals surface area contributed by atoms with Gasteiger partial charge in [0.15, 0.2) is 6.23 Å². The third kappa shape index (κ3) is 2.14. The van der Waals surface area contributed by atoms with E-state index in [2.05, 4.69) is 9.71 Å². The van der Waals surface area contributed by atoms with E-state index in [0.29, 0.717) is 0 Å². The minimum Gasteiger partial charge on any atom is -0.388 e. The summed E-state index contributed by atoms with van der Waals surface area (Å²) in [5.74, 6) is -0.373. The SMILES string of the molecule is CC[C@@]12CS(=O)(=O)N[C@@H](C1O)[C@H](n1cc(C)c(=O)[nH]c1=O)O2. The molecular formula is C12H17N3O6S. The fraction of sp³-hybridized carbons (Fsp3) is 0.667. The Morgan fingerprint density at radius 2 is 2.18 bits per heavy atom. The van der Waals surface area contributed by atoms with Gasteiger partial charge in [0.05, 0.1) is 11.8 Å². The molecule has 0 aliphatic carbocycles. The van der Waals surface area contributed by atoms with E-state index in [1.54, 1.807) is 6.92 Å². The number of aromatic amines is 1. The van der Waals surface area contributed by atoms with Crippen molar-refractivity contribution in [3.8, 4) is 0 Å². The van der Waals surface area contributed by atoms with Crippen molar-refractivity contribution in [2.24, 2.45) is 0 Å². The Hall–Kier alpha value is -1.49. The van der Waals surface area contributed by atoms with Crippen LogP contribution < -0.4 is 16.0 Å². The third-order valence-corrected chi connectivity index (χ3v) is 5.81. The van der Waals surface area contributed by atoms with E-state index in [9.17, 15) is 23.1 Å². The molecule has 2 aliphatic rings. The number of hydrogen-bond acceptors (Lipinski definition) is 6. The molecule has 22 heavy (non-hydrogen) atoms. The Bertz CT molecular complexity index is 828. The molecule has 0 radical (unpaired) electrons. The van der Waals surface area contributed by atoms with Gasteiger partial charge in [0.2, 0.25) is 10.0 Å². The number of ether oxygens (including phenoxy) is 1. The maximum atomic E-state index is 12.0. The molecular weight excluding hydrogens is 314 g/mol. The van der Waals surface area contributed by atoms with Crippen LogP contribution in [-0.2, 0) is 14.8 Å². The number of nitrogens with zero attached hydrogens (tertiary/aromatic N) is 1. The first-order valence-corrected chi connectivity index (χ1v) is 8.52. The molecule has 122 valence electrons. The molecule has 2 aliphatic heterocycles. The monoisotopic (exact) mass is 331 g/mol. The number of sulfonamides is 1. The zero-order valence-electron chi connectivity index (χ0n) is 12.1. The molecule has 4 atom stereocenters. The number of rotatable bonds is 2. The van der Waals surface area contributed by atoms with Gasteiger partial charge in [0.25, 0.3) is 5.56 Å². The number of nitrogens with one attached hydrogen (secondary N) is 2. The van der Waals surface area contributed by atoms with E-state index in [4.69, 9.17) is 4.74 Å². The van der Waals surface area contributed by atoms with Crippen molar-refractivity contribution in [1.29, 1.82) is 0 Å². The molecule has 2 saturated heterocycles. The molecule has 1 aromatic heterocycles. The molecule has 0 saturated carbocycles. The highest BCUT2D eigenvalue weighted by molar-refractivity contribution is 7.89. The summed E-state index contributed by atoms with van der Waals surface area (Å²) < 4.78 is 33.1. The summed E-state index contributed by atoms with van der Waals surface area (Å²) >= 11 is 0. The number of aliphatic hydroxyl groups excluding tert-OH is 1. The molecule has 2 bridgehead atoms. The number of aliphatic hydroxyl groups is 1. The van der Waals surface area contributed by atoms with Gasteiger partial charge < -0.3 is 9.84 Å². The summed E-state index contributed by atoms with van der Waals surface area (Å²) in [6.45, 7) is 3.23. The minimum atomic E-state index is -3.62. The van der Waals surface area contributed by atoms with E-state index in [0.717, 1.165) is 4.57 Å². The predicted molar refractivity (Wildman–Crippen MR) is 75.9 cm³/mol. The lowest BCUT2D eigenvalue weighted by Crippen LogP contribution is -2.60. The zero-order valence-corrected chi connectivity index (χ0v) is 12.9. The number of fused-ring (bicyclic) bond motifs is 2. The van der Waals surface area contributed by atoms with Crippen molar-refractivity contribution >= 4 is 10.0 Å². The fourth-order valence-corrected chi connectivity index (χ4v) is 4.91. The van der Waals surface area contributed by atoms with Crippen molar-refractivity contribution in [3.63, 3.8) is 0 Å². The normalized spacial score (nSPS) is 36.4. The van der Waals surface area contributed by atoms with Crippen molar-refractivity contribution in [2.45, 2.75) is 44.2 Å². The van der Waals surface area contributed by atoms with Gasteiger partial charge in [-0.05, 0) is 13.3 Å². The van der Waals surface area contributed by atoms with Gasteiger partial charge in [-0.2, -0.15) is 0 Å². The van der Waals surface area contributed by atoms with Crippen molar-refractivity contribution < 1.29 is 18.3 Å². The standard InChI is InChI=1S/C12H17N3O6S/c1-3-12-5-22(19,20)14-7(8(12)16)10(21-12)15-4-6(2)9(17)13-11(15)18/h4,7-8,10,14,16H,3,5H2,1-2H3,(H,13,17,18)/t7-,8?,10+,12+/m0/s1. The quantitative estimate of drug-likeness (QED) is 0.585. The number of aromatic nitrogens is 2. The summed E-state index contributed by atoms with van der Waals surface area (Å²) in [5.41, 5.74) is -2.21. The minimum absolute atomic E-state index is 0.277. The molecule has 3 rings (SSSR count). The lowest BCUT2D eigenvalue weighted by atomic mass is 9.93. The topological polar surface area (TPSA) is 130 Å². The van der Waals surface area contributed by atoms with Crippen molar-refractivity contribution in [1.82, 2.24) is 14.3 Å². The summed E-state index contributed by atoms with van der Waals surface area (Å²) in [6.07, 6.45) is -0.517. The van der Waals surface area contributed by atoms with Crippen LogP contribution in [0.3, 0.4) is 0 Å². The van der Waals surface area contributed by atoms with Crippen molar-refractivity contribution in [2.75, 3.05) is 5.75 Å². The molecule has 9 nitrogen and oxygen atoms in total. The van der Waals surface area contributed by atoms with Crippen LogP contribution in [0.4, 0.5) is 0 Å².